The van der Waals surface area contributed by atoms with E-state index in [1.54, 1.807) is 29.2 Å². The van der Waals surface area contributed by atoms with Crippen LogP contribution < -0.4 is 0 Å². The molecule has 2 aromatic rings. The number of amides is 1. The number of H-pyrrole nitrogens is 1. The highest BCUT2D eigenvalue weighted by Crippen LogP contribution is 2.23. The Labute approximate surface area is 156 Å². The first-order valence-corrected chi connectivity index (χ1v) is 10.7. The van der Waals surface area contributed by atoms with Crippen LogP contribution in [0.25, 0.3) is 10.9 Å². The summed E-state index contributed by atoms with van der Waals surface area (Å²) in [4.78, 5) is 17.6. The van der Waals surface area contributed by atoms with Crippen molar-refractivity contribution in [2.24, 2.45) is 0 Å². The van der Waals surface area contributed by atoms with E-state index in [0.29, 0.717) is 31.9 Å². The summed E-state index contributed by atoms with van der Waals surface area (Å²) in [5, 5.41) is 0.731. The van der Waals surface area contributed by atoms with E-state index in [4.69, 9.17) is 0 Å². The summed E-state index contributed by atoms with van der Waals surface area (Å²) in [7, 11) is -3.53. The molecule has 1 amide bonds. The van der Waals surface area contributed by atoms with Gasteiger partial charge in [0.1, 0.15) is 5.69 Å². The molecule has 0 fully saturated rings. The third-order valence-corrected chi connectivity index (χ3v) is 6.35. The molecule has 0 radical (unpaired) electrons. The highest BCUT2D eigenvalue weighted by molar-refractivity contribution is 7.89. The van der Waals surface area contributed by atoms with Gasteiger partial charge in [-0.2, -0.15) is 4.31 Å². The predicted octanol–water partition coefficient (Wildman–Crippen LogP) is 3.46. The van der Waals surface area contributed by atoms with Gasteiger partial charge in [-0.25, -0.2) is 8.42 Å². The molecule has 2 rings (SSSR count). The van der Waals surface area contributed by atoms with Gasteiger partial charge in [-0.3, -0.25) is 4.79 Å². The first-order valence-electron chi connectivity index (χ1n) is 9.31. The number of fused-ring (bicyclic) bond motifs is 1. The standard InChI is InChI=1S/C19H29N3O3S/c1-5-11-22(12-6-2)26(24,25)16-9-10-17-15(13-16)14-18(20-17)19(23)21(7-3)8-4/h9-10,13-14,20H,5-8,11-12H2,1-4H3. The molecule has 144 valence electrons. The van der Waals surface area contributed by atoms with Crippen molar-refractivity contribution in [3.63, 3.8) is 0 Å². The molecule has 1 N–H and O–H groups in total. The monoisotopic (exact) mass is 379 g/mol. The van der Waals surface area contributed by atoms with Crippen LogP contribution in [0.3, 0.4) is 0 Å². The lowest BCUT2D eigenvalue weighted by Crippen LogP contribution is -2.32. The molecule has 0 aliphatic heterocycles. The molecule has 0 spiro atoms. The van der Waals surface area contributed by atoms with Gasteiger partial charge >= 0.3 is 0 Å². The van der Waals surface area contributed by atoms with Crippen molar-refractivity contribution >= 4 is 26.8 Å². The molecule has 0 aliphatic rings. The van der Waals surface area contributed by atoms with Gasteiger partial charge in [-0.15, -0.1) is 0 Å². The molecule has 7 heteroatoms. The Bertz CT molecular complexity index is 848. The third-order valence-electron chi connectivity index (χ3n) is 4.46. The van der Waals surface area contributed by atoms with E-state index >= 15 is 0 Å². The second-order valence-corrected chi connectivity index (χ2v) is 8.25. The molecule has 1 aromatic carbocycles. The molecule has 0 saturated heterocycles. The molecule has 1 aromatic heterocycles. The number of nitrogens with one attached hydrogen (secondary N) is 1. The lowest BCUT2D eigenvalue weighted by molar-refractivity contribution is 0.0768. The summed E-state index contributed by atoms with van der Waals surface area (Å²) < 4.78 is 27.4. The zero-order valence-corrected chi connectivity index (χ0v) is 16.9. The van der Waals surface area contributed by atoms with Crippen molar-refractivity contribution in [3.8, 4) is 0 Å². The summed E-state index contributed by atoms with van der Waals surface area (Å²) in [5.74, 6) is -0.0748. The van der Waals surface area contributed by atoms with Crippen LogP contribution >= 0.6 is 0 Å². The highest BCUT2D eigenvalue weighted by Gasteiger charge is 2.24. The van der Waals surface area contributed by atoms with Gasteiger partial charge in [-0.05, 0) is 51.0 Å². The topological polar surface area (TPSA) is 73.5 Å². The summed E-state index contributed by atoms with van der Waals surface area (Å²) in [6.07, 6.45) is 1.54. The van der Waals surface area contributed by atoms with Gasteiger partial charge < -0.3 is 9.88 Å². The Morgan fingerprint density at radius 3 is 2.15 bits per heavy atom. The van der Waals surface area contributed by atoms with E-state index in [1.807, 2.05) is 27.7 Å². The zero-order chi connectivity index (χ0) is 19.3. The fraction of sp³-hybridized carbons (Fsp3) is 0.526. The zero-order valence-electron chi connectivity index (χ0n) is 16.1. The quantitative estimate of drug-likeness (QED) is 0.725. The number of carbonyl (C=O) groups is 1. The van der Waals surface area contributed by atoms with Crippen molar-refractivity contribution in [2.45, 2.75) is 45.4 Å². The summed E-state index contributed by atoms with van der Waals surface area (Å²) in [5.41, 5.74) is 1.24. The summed E-state index contributed by atoms with van der Waals surface area (Å²) >= 11 is 0. The average Bonchev–Trinajstić information content (AvgIpc) is 3.05. The number of hydrogen-bond donors (Lipinski definition) is 1. The van der Waals surface area contributed by atoms with Crippen molar-refractivity contribution < 1.29 is 13.2 Å². The molecule has 0 unspecified atom stereocenters. The maximum absolute atomic E-state index is 12.9. The Morgan fingerprint density at radius 1 is 1.00 bits per heavy atom. The maximum Gasteiger partial charge on any atom is 0.270 e. The Morgan fingerprint density at radius 2 is 1.62 bits per heavy atom. The van der Waals surface area contributed by atoms with Crippen LogP contribution in [-0.4, -0.2) is 54.7 Å². The number of benzene rings is 1. The van der Waals surface area contributed by atoms with Crippen molar-refractivity contribution in [1.29, 1.82) is 0 Å². The molecule has 0 aliphatic carbocycles. The lowest BCUT2D eigenvalue weighted by atomic mass is 10.2. The van der Waals surface area contributed by atoms with Crippen LogP contribution in [-0.2, 0) is 10.0 Å². The molecular formula is C19H29N3O3S. The Kier molecular flexibility index (Phi) is 6.83. The van der Waals surface area contributed by atoms with Crippen LogP contribution in [0, 0.1) is 0 Å². The van der Waals surface area contributed by atoms with Crippen LogP contribution in [0.15, 0.2) is 29.2 Å². The minimum Gasteiger partial charge on any atom is -0.351 e. The first-order chi connectivity index (χ1) is 12.4. The summed E-state index contributed by atoms with van der Waals surface area (Å²) in [6, 6.07) is 6.73. The molecule has 26 heavy (non-hydrogen) atoms. The molecule has 0 saturated carbocycles. The number of hydrogen-bond acceptors (Lipinski definition) is 3. The van der Waals surface area contributed by atoms with Crippen molar-refractivity contribution in [2.75, 3.05) is 26.2 Å². The van der Waals surface area contributed by atoms with Gasteiger partial charge in [0.2, 0.25) is 10.0 Å². The molecular weight excluding hydrogens is 350 g/mol. The van der Waals surface area contributed by atoms with Gasteiger partial charge in [0.25, 0.3) is 5.91 Å². The number of sulfonamides is 1. The van der Waals surface area contributed by atoms with Crippen LogP contribution in [0.5, 0.6) is 0 Å². The Balaban J connectivity index is 2.41. The van der Waals surface area contributed by atoms with E-state index < -0.39 is 10.0 Å². The third kappa shape index (κ3) is 4.10. The number of aromatic nitrogens is 1. The first kappa shape index (κ1) is 20.5. The minimum atomic E-state index is -3.53. The fourth-order valence-electron chi connectivity index (χ4n) is 3.07. The summed E-state index contributed by atoms with van der Waals surface area (Å²) in [6.45, 7) is 10.1. The SMILES string of the molecule is CCCN(CCC)S(=O)(=O)c1ccc2[nH]c(C(=O)N(CC)CC)cc2c1. The highest BCUT2D eigenvalue weighted by atomic mass is 32.2. The number of nitrogens with zero attached hydrogens (tertiary/aromatic N) is 2. The average molecular weight is 380 g/mol. The van der Waals surface area contributed by atoms with Crippen LogP contribution in [0.1, 0.15) is 51.0 Å². The Hall–Kier alpha value is -1.86. The fourth-order valence-corrected chi connectivity index (χ4v) is 4.73. The normalized spacial score (nSPS) is 12.0. The van der Waals surface area contributed by atoms with Gasteiger partial charge in [0.05, 0.1) is 4.90 Å². The molecule has 1 heterocycles. The van der Waals surface area contributed by atoms with Crippen molar-refractivity contribution in [3.05, 3.63) is 30.0 Å². The number of carbonyl (C=O) groups excluding carboxylic acids is 1. The van der Waals surface area contributed by atoms with E-state index in [9.17, 15) is 13.2 Å². The molecule has 0 bridgehead atoms. The molecule has 6 nitrogen and oxygen atoms in total. The predicted molar refractivity (Wildman–Crippen MR) is 105 cm³/mol. The van der Waals surface area contributed by atoms with E-state index in [0.717, 1.165) is 23.7 Å². The van der Waals surface area contributed by atoms with E-state index in [2.05, 4.69) is 4.98 Å². The van der Waals surface area contributed by atoms with Gasteiger partial charge in [0, 0.05) is 37.1 Å². The lowest BCUT2D eigenvalue weighted by Gasteiger charge is -2.21. The van der Waals surface area contributed by atoms with E-state index in [-0.39, 0.29) is 10.8 Å². The number of rotatable bonds is 9. The van der Waals surface area contributed by atoms with Crippen LogP contribution in [0.2, 0.25) is 0 Å². The smallest absolute Gasteiger partial charge is 0.270 e. The van der Waals surface area contributed by atoms with Crippen molar-refractivity contribution in [1.82, 2.24) is 14.2 Å². The van der Waals surface area contributed by atoms with Crippen LogP contribution in [0.4, 0.5) is 0 Å². The van der Waals surface area contributed by atoms with Gasteiger partial charge in [0.15, 0.2) is 0 Å². The second-order valence-electron chi connectivity index (χ2n) is 6.31. The van der Waals surface area contributed by atoms with E-state index in [1.165, 1.54) is 4.31 Å². The number of aromatic amines is 1. The second kappa shape index (κ2) is 8.68. The maximum atomic E-state index is 12.9. The largest absolute Gasteiger partial charge is 0.351 e. The minimum absolute atomic E-state index is 0.0748. The molecule has 0 atom stereocenters. The van der Waals surface area contributed by atoms with Gasteiger partial charge in [-0.1, -0.05) is 13.8 Å².